The van der Waals surface area contributed by atoms with E-state index >= 15 is 0 Å². The lowest BCUT2D eigenvalue weighted by molar-refractivity contribution is 0.102. The van der Waals surface area contributed by atoms with Gasteiger partial charge >= 0.3 is 0 Å². The Bertz CT molecular complexity index is 1070. The number of piperidine rings is 1. The molecule has 3 heterocycles. The van der Waals surface area contributed by atoms with Crippen molar-refractivity contribution in [3.05, 3.63) is 62.9 Å². The van der Waals surface area contributed by atoms with Gasteiger partial charge in [0.25, 0.3) is 11.5 Å². The number of carbonyl (C=O) groups excluding carboxylic acids is 1. The third kappa shape index (κ3) is 3.33. The van der Waals surface area contributed by atoms with Crippen LogP contribution in [-0.2, 0) is 0 Å². The smallest absolute Gasteiger partial charge is 0.261 e. The van der Waals surface area contributed by atoms with E-state index in [2.05, 4.69) is 20.7 Å². The molecule has 0 bridgehead atoms. The molecule has 1 aliphatic heterocycles. The number of carbonyl (C=O) groups is 1. The lowest BCUT2D eigenvalue weighted by Crippen LogP contribution is -2.28. The number of rotatable bonds is 3. The van der Waals surface area contributed by atoms with Gasteiger partial charge < -0.3 is 15.6 Å². The van der Waals surface area contributed by atoms with Gasteiger partial charge in [0.2, 0.25) is 0 Å². The summed E-state index contributed by atoms with van der Waals surface area (Å²) >= 11 is 5.75. The first kappa shape index (κ1) is 17.7. The van der Waals surface area contributed by atoms with Gasteiger partial charge in [0.05, 0.1) is 22.6 Å². The van der Waals surface area contributed by atoms with Crippen molar-refractivity contribution in [2.45, 2.75) is 18.8 Å². The van der Waals surface area contributed by atoms with Crippen molar-refractivity contribution in [2.75, 3.05) is 18.4 Å². The molecular weight excluding hydrogens is 373 g/mol. The number of benzene rings is 1. The second-order valence-corrected chi connectivity index (χ2v) is 6.86. The number of nitrogens with one attached hydrogen (secondary N) is 3. The largest absolute Gasteiger partial charge is 0.319 e. The van der Waals surface area contributed by atoms with Crippen LogP contribution < -0.4 is 16.2 Å². The number of amides is 1. The van der Waals surface area contributed by atoms with Crippen LogP contribution in [0.5, 0.6) is 0 Å². The van der Waals surface area contributed by atoms with Crippen molar-refractivity contribution in [3.8, 4) is 0 Å². The van der Waals surface area contributed by atoms with Crippen LogP contribution in [0.3, 0.4) is 0 Å². The lowest BCUT2D eigenvalue weighted by atomic mass is 9.94. The molecule has 2 aromatic heterocycles. The average molecular weight is 390 g/mol. The van der Waals surface area contributed by atoms with E-state index in [4.69, 9.17) is 11.6 Å². The fourth-order valence-corrected chi connectivity index (χ4v) is 3.55. The summed E-state index contributed by atoms with van der Waals surface area (Å²) in [6.07, 6.45) is 3.13. The molecule has 1 amide bonds. The van der Waals surface area contributed by atoms with Gasteiger partial charge in [0, 0.05) is 12.0 Å². The van der Waals surface area contributed by atoms with Crippen molar-refractivity contribution in [1.29, 1.82) is 0 Å². The van der Waals surface area contributed by atoms with Crippen LogP contribution in [0.25, 0.3) is 5.65 Å². The fourth-order valence-electron chi connectivity index (χ4n) is 3.38. The molecule has 0 saturated carbocycles. The van der Waals surface area contributed by atoms with Gasteiger partial charge in [-0.3, -0.25) is 9.59 Å². The van der Waals surface area contributed by atoms with E-state index in [1.165, 1.54) is 30.5 Å². The van der Waals surface area contributed by atoms with Gasteiger partial charge in [-0.15, -0.1) is 0 Å². The molecule has 1 aromatic carbocycles. The van der Waals surface area contributed by atoms with Crippen LogP contribution in [-0.4, -0.2) is 33.6 Å². The van der Waals surface area contributed by atoms with Gasteiger partial charge in [-0.2, -0.15) is 5.10 Å². The number of H-pyrrole nitrogens is 1. The van der Waals surface area contributed by atoms with Crippen LogP contribution in [0.2, 0.25) is 5.02 Å². The highest BCUT2D eigenvalue weighted by atomic mass is 35.5. The monoisotopic (exact) mass is 389 g/mol. The fraction of sp³-hybridized carbons (Fsp3) is 0.278. The Morgan fingerprint density at radius 3 is 2.89 bits per heavy atom. The van der Waals surface area contributed by atoms with Gasteiger partial charge in [0.1, 0.15) is 11.2 Å². The molecule has 4 rings (SSSR count). The first-order chi connectivity index (χ1) is 13.0. The van der Waals surface area contributed by atoms with E-state index in [0.717, 1.165) is 31.6 Å². The first-order valence-electron chi connectivity index (χ1n) is 8.61. The molecule has 0 aliphatic carbocycles. The maximum atomic E-state index is 14.1. The lowest BCUT2D eigenvalue weighted by Gasteiger charge is -2.23. The standard InChI is InChI=1S/C18H17ClFN5O2/c19-12-2-1-3-13(16(12)20)23-18(27)11-9-22-25-14(8-15(26)24-17(11)25)10-4-6-21-7-5-10/h1-3,8-10,21H,4-7H2,(H,23,27)(H,24,26). The molecule has 7 nitrogen and oxygen atoms in total. The molecule has 9 heteroatoms. The zero-order valence-corrected chi connectivity index (χ0v) is 15.0. The Labute approximate surface area is 158 Å². The number of nitrogens with zero attached hydrogens (tertiary/aromatic N) is 2. The van der Waals surface area contributed by atoms with Crippen LogP contribution in [0.4, 0.5) is 10.1 Å². The van der Waals surface area contributed by atoms with Gasteiger partial charge in [-0.05, 0) is 38.1 Å². The molecule has 0 unspecified atom stereocenters. The van der Waals surface area contributed by atoms with E-state index < -0.39 is 11.7 Å². The maximum Gasteiger partial charge on any atom is 0.261 e. The van der Waals surface area contributed by atoms with E-state index in [0.29, 0.717) is 0 Å². The molecule has 3 N–H and O–H groups in total. The number of aromatic amines is 1. The Kier molecular flexibility index (Phi) is 4.67. The highest BCUT2D eigenvalue weighted by Crippen LogP contribution is 2.26. The summed E-state index contributed by atoms with van der Waals surface area (Å²) in [7, 11) is 0. The third-order valence-corrected chi connectivity index (χ3v) is 5.03. The summed E-state index contributed by atoms with van der Waals surface area (Å²) in [5, 5.41) is 9.96. The number of anilines is 1. The second kappa shape index (κ2) is 7.13. The molecule has 3 aromatic rings. The summed E-state index contributed by atoms with van der Waals surface area (Å²) in [6.45, 7) is 1.73. The Morgan fingerprint density at radius 1 is 1.33 bits per heavy atom. The summed E-state index contributed by atoms with van der Waals surface area (Å²) in [5.41, 5.74) is 0.865. The molecule has 0 atom stereocenters. The zero-order valence-electron chi connectivity index (χ0n) is 14.3. The number of halogens is 2. The minimum Gasteiger partial charge on any atom is -0.319 e. The Balaban J connectivity index is 1.72. The predicted molar refractivity (Wildman–Crippen MR) is 100 cm³/mol. The molecule has 27 heavy (non-hydrogen) atoms. The van der Waals surface area contributed by atoms with Gasteiger partial charge in [-0.1, -0.05) is 17.7 Å². The summed E-state index contributed by atoms with van der Waals surface area (Å²) in [6, 6.07) is 5.86. The normalized spacial score (nSPS) is 15.2. The minimum atomic E-state index is -0.715. The summed E-state index contributed by atoms with van der Waals surface area (Å²) < 4.78 is 15.6. The predicted octanol–water partition coefficient (Wildman–Crippen LogP) is 2.53. The quantitative estimate of drug-likeness (QED) is 0.642. The van der Waals surface area contributed by atoms with E-state index in [1.54, 1.807) is 4.52 Å². The third-order valence-electron chi connectivity index (χ3n) is 4.74. The van der Waals surface area contributed by atoms with Gasteiger partial charge in [-0.25, -0.2) is 8.91 Å². The summed E-state index contributed by atoms with van der Waals surface area (Å²) in [4.78, 5) is 27.5. The van der Waals surface area contributed by atoms with Crippen molar-refractivity contribution in [3.63, 3.8) is 0 Å². The SMILES string of the molecule is O=C(Nc1cccc(Cl)c1F)c1cnn2c(C3CCNCC3)cc(=O)[nH]c12. The number of fused-ring (bicyclic) bond motifs is 1. The molecular formula is C18H17ClFN5O2. The molecule has 0 spiro atoms. The molecule has 1 fully saturated rings. The highest BCUT2D eigenvalue weighted by molar-refractivity contribution is 6.31. The van der Waals surface area contributed by atoms with Crippen LogP contribution in [0.15, 0.2) is 35.3 Å². The maximum absolute atomic E-state index is 14.1. The van der Waals surface area contributed by atoms with Crippen molar-refractivity contribution >= 4 is 28.8 Å². The molecule has 1 saturated heterocycles. The Hall–Kier alpha value is -2.71. The average Bonchev–Trinajstić information content (AvgIpc) is 3.09. The molecule has 1 aliphatic rings. The van der Waals surface area contributed by atoms with Crippen molar-refractivity contribution in [2.24, 2.45) is 0 Å². The second-order valence-electron chi connectivity index (χ2n) is 6.46. The Morgan fingerprint density at radius 2 is 2.11 bits per heavy atom. The number of hydrogen-bond donors (Lipinski definition) is 3. The first-order valence-corrected chi connectivity index (χ1v) is 8.99. The van der Waals surface area contributed by atoms with Crippen molar-refractivity contribution < 1.29 is 9.18 Å². The van der Waals surface area contributed by atoms with Crippen LogP contribution >= 0.6 is 11.6 Å². The van der Waals surface area contributed by atoms with E-state index in [-0.39, 0.29) is 33.4 Å². The number of aromatic nitrogens is 3. The van der Waals surface area contributed by atoms with Crippen molar-refractivity contribution in [1.82, 2.24) is 19.9 Å². The van der Waals surface area contributed by atoms with Crippen LogP contribution in [0.1, 0.15) is 34.8 Å². The highest BCUT2D eigenvalue weighted by Gasteiger charge is 2.22. The number of hydrogen-bond acceptors (Lipinski definition) is 4. The summed E-state index contributed by atoms with van der Waals surface area (Å²) in [5.74, 6) is -1.12. The van der Waals surface area contributed by atoms with E-state index in [1.807, 2.05) is 0 Å². The minimum absolute atomic E-state index is 0.0382. The van der Waals surface area contributed by atoms with E-state index in [9.17, 15) is 14.0 Å². The topological polar surface area (TPSA) is 91.3 Å². The zero-order chi connectivity index (χ0) is 19.0. The molecule has 140 valence electrons. The van der Waals surface area contributed by atoms with Crippen LogP contribution in [0, 0.1) is 5.82 Å². The molecule has 0 radical (unpaired) electrons. The van der Waals surface area contributed by atoms with Gasteiger partial charge in [0.15, 0.2) is 5.82 Å².